The van der Waals surface area contributed by atoms with Gasteiger partial charge in [-0.3, -0.25) is 9.59 Å². The summed E-state index contributed by atoms with van der Waals surface area (Å²) in [6.07, 6.45) is 0.964. The highest BCUT2D eigenvalue weighted by Gasteiger charge is 2.31. The summed E-state index contributed by atoms with van der Waals surface area (Å²) in [6.45, 7) is 3.71. The van der Waals surface area contributed by atoms with E-state index in [1.54, 1.807) is 18.2 Å². The summed E-state index contributed by atoms with van der Waals surface area (Å²) in [5.74, 6) is -1.29. The van der Waals surface area contributed by atoms with Crippen LogP contribution in [0.25, 0.3) is 0 Å². The zero-order chi connectivity index (χ0) is 15.3. The van der Waals surface area contributed by atoms with Gasteiger partial charge in [0.2, 0.25) is 0 Å². The number of aliphatic carboxylic acids is 1. The number of carboxylic acid groups (broad SMARTS) is 1. The Labute approximate surface area is 131 Å². The second-order valence-electron chi connectivity index (χ2n) is 4.64. The molecule has 0 bridgehead atoms. The van der Waals surface area contributed by atoms with Gasteiger partial charge in [0.25, 0.3) is 5.91 Å². The lowest BCUT2D eigenvalue weighted by molar-refractivity contribution is -0.138. The van der Waals surface area contributed by atoms with Crippen LogP contribution >= 0.6 is 27.5 Å². The van der Waals surface area contributed by atoms with Gasteiger partial charge in [0.15, 0.2) is 0 Å². The van der Waals surface area contributed by atoms with E-state index in [4.69, 9.17) is 16.7 Å². The van der Waals surface area contributed by atoms with Gasteiger partial charge in [0.1, 0.15) is 0 Å². The van der Waals surface area contributed by atoms with E-state index in [2.05, 4.69) is 21.2 Å². The standard InChI is InChI=1S/C14H17BrClNO3/c1-3-14(4-2,8-12(18)19)17-13(20)10-6-5-9(15)7-11(10)16/h5-7H,3-4,8H2,1-2H3,(H,17,20)(H,18,19). The summed E-state index contributed by atoms with van der Waals surface area (Å²) in [7, 11) is 0. The van der Waals surface area contributed by atoms with E-state index >= 15 is 0 Å². The number of nitrogens with one attached hydrogen (secondary N) is 1. The summed E-state index contributed by atoms with van der Waals surface area (Å²) < 4.78 is 0.779. The molecular weight excluding hydrogens is 346 g/mol. The van der Waals surface area contributed by atoms with Crippen LogP contribution in [0.1, 0.15) is 43.5 Å². The lowest BCUT2D eigenvalue weighted by atomic mass is 9.88. The van der Waals surface area contributed by atoms with Gasteiger partial charge in [-0.25, -0.2) is 0 Å². The highest BCUT2D eigenvalue weighted by atomic mass is 79.9. The van der Waals surface area contributed by atoms with Gasteiger partial charge < -0.3 is 10.4 Å². The van der Waals surface area contributed by atoms with E-state index in [0.29, 0.717) is 23.4 Å². The maximum Gasteiger partial charge on any atom is 0.305 e. The molecule has 4 nitrogen and oxygen atoms in total. The first-order valence-corrected chi connectivity index (χ1v) is 7.50. The topological polar surface area (TPSA) is 66.4 Å². The summed E-state index contributed by atoms with van der Waals surface area (Å²) >= 11 is 9.31. The van der Waals surface area contributed by atoms with Crippen molar-refractivity contribution in [3.05, 3.63) is 33.3 Å². The lowest BCUT2D eigenvalue weighted by Crippen LogP contribution is -2.49. The molecule has 0 heterocycles. The Bertz CT molecular complexity index is 515. The number of hydrogen-bond acceptors (Lipinski definition) is 2. The Morgan fingerprint density at radius 1 is 1.35 bits per heavy atom. The van der Waals surface area contributed by atoms with Crippen molar-refractivity contribution in [3.8, 4) is 0 Å². The zero-order valence-corrected chi connectivity index (χ0v) is 13.7. The number of carboxylic acids is 1. The third kappa shape index (κ3) is 4.21. The average molecular weight is 363 g/mol. The number of halogens is 2. The van der Waals surface area contributed by atoms with Crippen molar-refractivity contribution in [2.45, 2.75) is 38.6 Å². The van der Waals surface area contributed by atoms with Gasteiger partial charge in [-0.15, -0.1) is 0 Å². The Balaban J connectivity index is 2.99. The Morgan fingerprint density at radius 3 is 2.40 bits per heavy atom. The highest BCUT2D eigenvalue weighted by molar-refractivity contribution is 9.10. The SMILES string of the molecule is CCC(CC)(CC(=O)O)NC(=O)c1ccc(Br)cc1Cl. The minimum atomic E-state index is -0.934. The number of benzene rings is 1. The third-order valence-electron chi connectivity index (χ3n) is 3.40. The van der Waals surface area contributed by atoms with Gasteiger partial charge in [-0.05, 0) is 31.0 Å². The number of carbonyl (C=O) groups excluding carboxylic acids is 1. The fraction of sp³-hybridized carbons (Fsp3) is 0.429. The molecule has 0 saturated carbocycles. The Hall–Kier alpha value is -1.07. The van der Waals surface area contributed by atoms with Crippen LogP contribution in [-0.2, 0) is 4.79 Å². The number of rotatable bonds is 6. The third-order valence-corrected chi connectivity index (χ3v) is 4.20. The second-order valence-corrected chi connectivity index (χ2v) is 5.96. The van der Waals surface area contributed by atoms with Gasteiger partial charge >= 0.3 is 5.97 Å². The molecule has 0 spiro atoms. The van der Waals surface area contributed by atoms with Crippen molar-refractivity contribution in [1.29, 1.82) is 0 Å². The fourth-order valence-corrected chi connectivity index (χ4v) is 2.75. The predicted octanol–water partition coefficient (Wildman–Crippen LogP) is 3.87. The van der Waals surface area contributed by atoms with Crippen LogP contribution in [-0.4, -0.2) is 22.5 Å². The normalized spacial score (nSPS) is 11.2. The molecule has 0 radical (unpaired) electrons. The quantitative estimate of drug-likeness (QED) is 0.807. The van der Waals surface area contributed by atoms with Crippen molar-refractivity contribution < 1.29 is 14.7 Å². The molecule has 0 saturated heterocycles. The van der Waals surface area contributed by atoms with Crippen molar-refractivity contribution in [2.24, 2.45) is 0 Å². The molecule has 0 unspecified atom stereocenters. The Morgan fingerprint density at radius 2 is 1.95 bits per heavy atom. The minimum Gasteiger partial charge on any atom is -0.481 e. The van der Waals surface area contributed by atoms with E-state index in [-0.39, 0.29) is 12.3 Å². The van der Waals surface area contributed by atoms with Crippen molar-refractivity contribution in [1.82, 2.24) is 5.32 Å². The van der Waals surface area contributed by atoms with Gasteiger partial charge in [-0.2, -0.15) is 0 Å². The maximum absolute atomic E-state index is 12.3. The molecule has 0 aliphatic carbocycles. The number of hydrogen-bond donors (Lipinski definition) is 2. The molecular formula is C14H17BrClNO3. The molecule has 1 aromatic carbocycles. The molecule has 20 heavy (non-hydrogen) atoms. The average Bonchev–Trinajstić information content (AvgIpc) is 2.37. The number of carbonyl (C=O) groups is 2. The smallest absolute Gasteiger partial charge is 0.305 e. The Kier molecular flexibility index (Phi) is 6.02. The summed E-state index contributed by atoms with van der Waals surface area (Å²) in [5.41, 5.74) is -0.411. The molecule has 0 fully saturated rings. The van der Waals surface area contributed by atoms with Gasteiger partial charge in [0.05, 0.1) is 22.5 Å². The van der Waals surface area contributed by atoms with E-state index in [1.807, 2.05) is 13.8 Å². The predicted molar refractivity (Wildman–Crippen MR) is 82.2 cm³/mol. The summed E-state index contributed by atoms with van der Waals surface area (Å²) in [5, 5.41) is 12.1. The molecule has 1 rings (SSSR count). The van der Waals surface area contributed by atoms with Crippen LogP contribution in [0.15, 0.2) is 22.7 Å². The molecule has 1 aromatic rings. The van der Waals surface area contributed by atoms with E-state index in [0.717, 1.165) is 4.47 Å². The van der Waals surface area contributed by atoms with Crippen molar-refractivity contribution >= 4 is 39.4 Å². The lowest BCUT2D eigenvalue weighted by Gasteiger charge is -2.31. The zero-order valence-electron chi connectivity index (χ0n) is 11.4. The highest BCUT2D eigenvalue weighted by Crippen LogP contribution is 2.24. The minimum absolute atomic E-state index is 0.111. The monoisotopic (exact) mass is 361 g/mol. The molecule has 0 aliphatic rings. The molecule has 0 atom stereocenters. The first-order chi connectivity index (χ1) is 9.33. The van der Waals surface area contributed by atoms with Crippen LogP contribution in [0.5, 0.6) is 0 Å². The van der Waals surface area contributed by atoms with Crippen molar-refractivity contribution in [2.75, 3.05) is 0 Å². The van der Waals surface area contributed by atoms with Crippen LogP contribution < -0.4 is 5.32 Å². The summed E-state index contributed by atoms with van der Waals surface area (Å²) in [6, 6.07) is 4.96. The molecule has 2 N–H and O–H groups in total. The molecule has 110 valence electrons. The van der Waals surface area contributed by atoms with Gasteiger partial charge in [0, 0.05) is 4.47 Å². The molecule has 1 amide bonds. The molecule has 0 aliphatic heterocycles. The largest absolute Gasteiger partial charge is 0.481 e. The van der Waals surface area contributed by atoms with Crippen LogP contribution in [0.4, 0.5) is 0 Å². The molecule has 6 heteroatoms. The van der Waals surface area contributed by atoms with Gasteiger partial charge in [-0.1, -0.05) is 41.4 Å². The van der Waals surface area contributed by atoms with E-state index in [1.165, 1.54) is 0 Å². The van der Waals surface area contributed by atoms with E-state index in [9.17, 15) is 9.59 Å². The first kappa shape index (κ1) is 17.0. The van der Waals surface area contributed by atoms with Crippen LogP contribution in [0.2, 0.25) is 5.02 Å². The second kappa shape index (κ2) is 7.09. The number of amides is 1. The van der Waals surface area contributed by atoms with Crippen LogP contribution in [0.3, 0.4) is 0 Å². The van der Waals surface area contributed by atoms with Crippen LogP contribution in [0, 0.1) is 0 Å². The van der Waals surface area contributed by atoms with Crippen molar-refractivity contribution in [3.63, 3.8) is 0 Å². The summed E-state index contributed by atoms with van der Waals surface area (Å²) in [4.78, 5) is 23.3. The fourth-order valence-electron chi connectivity index (χ4n) is 1.99. The first-order valence-electron chi connectivity index (χ1n) is 6.33. The van der Waals surface area contributed by atoms with E-state index < -0.39 is 11.5 Å². The molecule has 0 aromatic heterocycles. The maximum atomic E-state index is 12.3.